The van der Waals surface area contributed by atoms with Crippen molar-refractivity contribution in [2.24, 2.45) is 0 Å². The molecule has 6 heteroatoms. The summed E-state index contributed by atoms with van der Waals surface area (Å²) in [4.78, 5) is 22.5. The molecule has 0 atom stereocenters. The minimum Gasteiger partial charge on any atom is -0.484 e. The highest BCUT2D eigenvalue weighted by Crippen LogP contribution is 2.12. The Morgan fingerprint density at radius 2 is 2.00 bits per heavy atom. The molecule has 0 aromatic heterocycles. The van der Waals surface area contributed by atoms with Crippen LogP contribution in [-0.4, -0.2) is 25.1 Å². The minimum absolute atomic E-state index is 0.206. The summed E-state index contributed by atoms with van der Waals surface area (Å²) < 4.78 is 6.29. The van der Waals surface area contributed by atoms with Gasteiger partial charge in [0.25, 0.3) is 5.91 Å². The Labute approximate surface area is 119 Å². The van der Waals surface area contributed by atoms with Crippen molar-refractivity contribution < 1.29 is 14.3 Å². The van der Waals surface area contributed by atoms with Gasteiger partial charge in [0.2, 0.25) is 0 Å². The number of hydrogen-bond acceptors (Lipinski definition) is 3. The van der Waals surface area contributed by atoms with Gasteiger partial charge in [-0.3, -0.25) is 10.1 Å². The lowest BCUT2D eigenvalue weighted by molar-refractivity contribution is -0.122. The number of rotatable bonds is 5. The predicted molar refractivity (Wildman–Crippen MR) is 76.4 cm³/mol. The van der Waals surface area contributed by atoms with Gasteiger partial charge in [0, 0.05) is 10.1 Å². The molecule has 0 saturated carbocycles. The number of amides is 3. The van der Waals surface area contributed by atoms with E-state index in [9.17, 15) is 9.59 Å². The Bertz CT molecular complexity index is 431. The van der Waals surface area contributed by atoms with E-state index in [1.165, 1.54) is 6.08 Å². The molecular formula is C12H13IN2O3. The van der Waals surface area contributed by atoms with E-state index in [1.807, 2.05) is 12.1 Å². The number of benzene rings is 1. The van der Waals surface area contributed by atoms with E-state index in [1.54, 1.807) is 12.1 Å². The van der Waals surface area contributed by atoms with Crippen LogP contribution in [0.4, 0.5) is 4.79 Å². The first kappa shape index (κ1) is 14.5. The third kappa shape index (κ3) is 5.67. The Kier molecular flexibility index (Phi) is 6.20. The molecule has 18 heavy (non-hydrogen) atoms. The fourth-order valence-electron chi connectivity index (χ4n) is 1.05. The molecule has 0 fully saturated rings. The van der Waals surface area contributed by atoms with Gasteiger partial charge in [-0.05, 0) is 46.9 Å². The van der Waals surface area contributed by atoms with Crippen LogP contribution in [0.2, 0.25) is 0 Å². The van der Waals surface area contributed by atoms with E-state index >= 15 is 0 Å². The van der Waals surface area contributed by atoms with Crippen LogP contribution < -0.4 is 15.4 Å². The van der Waals surface area contributed by atoms with E-state index in [-0.39, 0.29) is 6.61 Å². The molecule has 0 heterocycles. The molecule has 0 bridgehead atoms. The van der Waals surface area contributed by atoms with E-state index in [2.05, 4.69) is 39.8 Å². The van der Waals surface area contributed by atoms with E-state index in [4.69, 9.17) is 4.74 Å². The summed E-state index contributed by atoms with van der Waals surface area (Å²) in [6, 6.07) is 6.68. The van der Waals surface area contributed by atoms with Crippen LogP contribution in [0.3, 0.4) is 0 Å². The molecule has 0 radical (unpaired) electrons. The van der Waals surface area contributed by atoms with Crippen LogP contribution in [0.15, 0.2) is 36.9 Å². The second kappa shape index (κ2) is 7.70. The molecule has 0 unspecified atom stereocenters. The largest absolute Gasteiger partial charge is 0.484 e. The van der Waals surface area contributed by atoms with Crippen molar-refractivity contribution in [1.29, 1.82) is 0 Å². The summed E-state index contributed by atoms with van der Waals surface area (Å²) in [6.45, 7) is 3.54. The number of halogens is 1. The van der Waals surface area contributed by atoms with Crippen molar-refractivity contribution in [2.75, 3.05) is 13.2 Å². The van der Waals surface area contributed by atoms with E-state index in [0.717, 1.165) is 3.57 Å². The molecule has 0 saturated heterocycles. The third-order valence-corrected chi connectivity index (χ3v) is 2.56. The number of imide groups is 1. The minimum atomic E-state index is -0.564. The molecule has 1 aromatic carbocycles. The van der Waals surface area contributed by atoms with Crippen LogP contribution in [-0.2, 0) is 4.79 Å². The van der Waals surface area contributed by atoms with Crippen LogP contribution in [0.5, 0.6) is 5.75 Å². The standard InChI is InChI=1S/C12H13IN2O3/c1-2-7-14-12(17)15-11(16)8-18-10-5-3-9(13)4-6-10/h2-6H,1,7-8H2,(H2,14,15,16,17). The molecule has 5 nitrogen and oxygen atoms in total. The fraction of sp³-hybridized carbons (Fsp3) is 0.167. The summed E-state index contributed by atoms with van der Waals surface area (Å²) in [5.74, 6) is 0.0761. The third-order valence-electron chi connectivity index (χ3n) is 1.84. The first-order valence-corrected chi connectivity index (χ1v) is 6.26. The van der Waals surface area contributed by atoms with Gasteiger partial charge in [0.15, 0.2) is 6.61 Å². The molecule has 0 aliphatic carbocycles. The van der Waals surface area contributed by atoms with Crippen molar-refractivity contribution in [3.8, 4) is 5.75 Å². The highest BCUT2D eigenvalue weighted by molar-refractivity contribution is 14.1. The van der Waals surface area contributed by atoms with E-state index in [0.29, 0.717) is 12.3 Å². The number of ether oxygens (including phenoxy) is 1. The molecule has 0 aliphatic heterocycles. The zero-order valence-electron chi connectivity index (χ0n) is 9.61. The molecule has 2 N–H and O–H groups in total. The quantitative estimate of drug-likeness (QED) is 0.620. The Morgan fingerprint density at radius 3 is 2.61 bits per heavy atom. The van der Waals surface area contributed by atoms with E-state index < -0.39 is 11.9 Å². The summed E-state index contributed by atoms with van der Waals surface area (Å²) in [5.41, 5.74) is 0. The zero-order chi connectivity index (χ0) is 13.4. The number of hydrogen-bond donors (Lipinski definition) is 2. The lowest BCUT2D eigenvalue weighted by Gasteiger charge is -2.07. The Morgan fingerprint density at radius 1 is 1.33 bits per heavy atom. The smallest absolute Gasteiger partial charge is 0.321 e. The zero-order valence-corrected chi connectivity index (χ0v) is 11.8. The van der Waals surface area contributed by atoms with Gasteiger partial charge in [-0.1, -0.05) is 6.08 Å². The van der Waals surface area contributed by atoms with Crippen LogP contribution in [0.25, 0.3) is 0 Å². The van der Waals surface area contributed by atoms with Gasteiger partial charge in [-0.15, -0.1) is 6.58 Å². The summed E-state index contributed by atoms with van der Waals surface area (Å²) in [7, 11) is 0. The highest BCUT2D eigenvalue weighted by atomic mass is 127. The molecule has 1 rings (SSSR count). The average Bonchev–Trinajstić information content (AvgIpc) is 2.35. The maximum absolute atomic E-state index is 11.3. The lowest BCUT2D eigenvalue weighted by atomic mass is 10.3. The maximum Gasteiger partial charge on any atom is 0.321 e. The normalized spacial score (nSPS) is 9.39. The first-order chi connectivity index (χ1) is 8.61. The monoisotopic (exact) mass is 360 g/mol. The highest BCUT2D eigenvalue weighted by Gasteiger charge is 2.07. The summed E-state index contributed by atoms with van der Waals surface area (Å²) in [5, 5.41) is 4.56. The average molecular weight is 360 g/mol. The molecule has 1 aromatic rings. The van der Waals surface area contributed by atoms with Gasteiger partial charge < -0.3 is 10.1 Å². The number of nitrogens with one attached hydrogen (secondary N) is 2. The molecular weight excluding hydrogens is 347 g/mol. The van der Waals surface area contributed by atoms with Gasteiger partial charge in [-0.25, -0.2) is 4.79 Å². The first-order valence-electron chi connectivity index (χ1n) is 5.19. The van der Waals surface area contributed by atoms with Crippen LogP contribution in [0.1, 0.15) is 0 Å². The second-order valence-electron chi connectivity index (χ2n) is 3.29. The maximum atomic E-state index is 11.3. The van der Waals surface area contributed by atoms with Crippen molar-refractivity contribution in [3.05, 3.63) is 40.5 Å². The van der Waals surface area contributed by atoms with Gasteiger partial charge in [0.05, 0.1) is 0 Å². The topological polar surface area (TPSA) is 67.4 Å². The van der Waals surface area contributed by atoms with Crippen LogP contribution in [0, 0.1) is 3.57 Å². The molecule has 0 spiro atoms. The number of carbonyl (C=O) groups is 2. The lowest BCUT2D eigenvalue weighted by Crippen LogP contribution is -2.41. The number of carbonyl (C=O) groups excluding carboxylic acids is 2. The van der Waals surface area contributed by atoms with Gasteiger partial charge in [-0.2, -0.15) is 0 Å². The van der Waals surface area contributed by atoms with Crippen molar-refractivity contribution >= 4 is 34.5 Å². The molecule has 0 aliphatic rings. The second-order valence-corrected chi connectivity index (χ2v) is 4.54. The SMILES string of the molecule is C=CCNC(=O)NC(=O)COc1ccc(I)cc1. The van der Waals surface area contributed by atoms with Crippen LogP contribution >= 0.6 is 22.6 Å². The van der Waals surface area contributed by atoms with Gasteiger partial charge in [0.1, 0.15) is 5.75 Å². The predicted octanol–water partition coefficient (Wildman–Crippen LogP) is 1.68. The summed E-state index contributed by atoms with van der Waals surface area (Å²) in [6.07, 6.45) is 1.52. The molecule has 3 amide bonds. The Hall–Kier alpha value is -1.57. The Balaban J connectivity index is 2.30. The van der Waals surface area contributed by atoms with Gasteiger partial charge >= 0.3 is 6.03 Å². The van der Waals surface area contributed by atoms with Crippen molar-refractivity contribution in [3.63, 3.8) is 0 Å². The van der Waals surface area contributed by atoms with Crippen molar-refractivity contribution in [2.45, 2.75) is 0 Å². The van der Waals surface area contributed by atoms with Crippen molar-refractivity contribution in [1.82, 2.24) is 10.6 Å². The molecule has 96 valence electrons. The fourth-order valence-corrected chi connectivity index (χ4v) is 1.41. The number of urea groups is 1. The summed E-state index contributed by atoms with van der Waals surface area (Å²) >= 11 is 2.17.